The lowest BCUT2D eigenvalue weighted by atomic mass is 10.1. The van der Waals surface area contributed by atoms with Gasteiger partial charge in [-0.15, -0.1) is 0 Å². The summed E-state index contributed by atoms with van der Waals surface area (Å²) < 4.78 is 5.56. The largest absolute Gasteiger partial charge is 0.491 e. The lowest BCUT2D eigenvalue weighted by molar-refractivity contribution is 0.242. The van der Waals surface area contributed by atoms with Crippen molar-refractivity contribution in [3.05, 3.63) is 36.0 Å². The van der Waals surface area contributed by atoms with Crippen LogP contribution < -0.4 is 4.74 Å². The Labute approximate surface area is 100 Å². The number of aliphatic hydroxyl groups is 1. The highest BCUT2D eigenvalue weighted by Crippen LogP contribution is 2.21. The van der Waals surface area contributed by atoms with E-state index in [-0.39, 0.29) is 12.7 Å². The molecule has 0 radical (unpaired) electrons. The third-order valence-electron chi connectivity index (χ3n) is 2.32. The van der Waals surface area contributed by atoms with Crippen LogP contribution in [0, 0.1) is 0 Å². The topological polar surface area (TPSA) is 58.1 Å². The maximum absolute atomic E-state index is 8.95. The number of H-pyrrole nitrogens is 1. The van der Waals surface area contributed by atoms with E-state index in [1.807, 2.05) is 44.2 Å². The number of aliphatic hydroxyl groups excluding tert-OH is 1. The van der Waals surface area contributed by atoms with Crippen LogP contribution in [0.15, 0.2) is 30.3 Å². The highest BCUT2D eigenvalue weighted by Gasteiger charge is 2.04. The number of nitrogens with zero attached hydrogens (tertiary/aromatic N) is 1. The van der Waals surface area contributed by atoms with Gasteiger partial charge in [0.1, 0.15) is 5.75 Å². The van der Waals surface area contributed by atoms with E-state index < -0.39 is 0 Å². The highest BCUT2D eigenvalue weighted by atomic mass is 16.5. The summed E-state index contributed by atoms with van der Waals surface area (Å²) in [5.41, 5.74) is 2.53. The van der Waals surface area contributed by atoms with Gasteiger partial charge in [-0.25, -0.2) is 0 Å². The van der Waals surface area contributed by atoms with E-state index in [4.69, 9.17) is 9.84 Å². The first kappa shape index (κ1) is 11.7. The zero-order valence-corrected chi connectivity index (χ0v) is 9.97. The number of benzene rings is 1. The Balaban J connectivity index is 2.17. The van der Waals surface area contributed by atoms with Gasteiger partial charge in [0.05, 0.1) is 24.1 Å². The van der Waals surface area contributed by atoms with Gasteiger partial charge in [0.15, 0.2) is 0 Å². The van der Waals surface area contributed by atoms with Crippen molar-refractivity contribution >= 4 is 0 Å². The number of aromatic amines is 1. The maximum Gasteiger partial charge on any atom is 0.119 e. The van der Waals surface area contributed by atoms with Gasteiger partial charge < -0.3 is 9.84 Å². The van der Waals surface area contributed by atoms with Crippen molar-refractivity contribution in [1.29, 1.82) is 0 Å². The first-order chi connectivity index (χ1) is 8.19. The molecule has 0 aliphatic rings. The van der Waals surface area contributed by atoms with E-state index in [0.29, 0.717) is 5.69 Å². The quantitative estimate of drug-likeness (QED) is 0.850. The van der Waals surface area contributed by atoms with Gasteiger partial charge in [-0.05, 0) is 44.2 Å². The van der Waals surface area contributed by atoms with E-state index in [0.717, 1.165) is 17.0 Å². The summed E-state index contributed by atoms with van der Waals surface area (Å²) in [5.74, 6) is 0.849. The predicted molar refractivity (Wildman–Crippen MR) is 65.7 cm³/mol. The van der Waals surface area contributed by atoms with Gasteiger partial charge >= 0.3 is 0 Å². The van der Waals surface area contributed by atoms with Crippen molar-refractivity contribution in [2.45, 2.75) is 26.6 Å². The summed E-state index contributed by atoms with van der Waals surface area (Å²) in [7, 11) is 0. The minimum absolute atomic E-state index is 0.0262. The van der Waals surface area contributed by atoms with Gasteiger partial charge in [-0.1, -0.05) is 0 Å². The number of hydrogen-bond acceptors (Lipinski definition) is 3. The summed E-state index contributed by atoms with van der Waals surface area (Å²) in [6.45, 7) is 3.96. The fraction of sp³-hybridized carbons (Fsp3) is 0.308. The Morgan fingerprint density at radius 2 is 2.00 bits per heavy atom. The molecule has 1 aromatic heterocycles. The van der Waals surface area contributed by atoms with Crippen LogP contribution in [0.1, 0.15) is 19.5 Å². The number of ether oxygens (including phenoxy) is 1. The Morgan fingerprint density at radius 3 is 2.53 bits per heavy atom. The fourth-order valence-electron chi connectivity index (χ4n) is 1.57. The molecule has 0 atom stereocenters. The molecule has 0 saturated heterocycles. The molecule has 17 heavy (non-hydrogen) atoms. The standard InChI is InChI=1S/C13H16N2O2/c1-9(2)17-12-5-3-10(4-6-12)13-7-11(8-16)14-15-13/h3-7,9,16H,8H2,1-2H3,(H,14,15). The molecule has 0 amide bonds. The molecule has 1 heterocycles. The van der Waals surface area contributed by atoms with Crippen LogP contribution in [-0.2, 0) is 6.61 Å². The van der Waals surface area contributed by atoms with Crippen LogP contribution in [0.25, 0.3) is 11.3 Å². The third-order valence-corrected chi connectivity index (χ3v) is 2.32. The van der Waals surface area contributed by atoms with Crippen molar-refractivity contribution in [1.82, 2.24) is 10.2 Å². The monoisotopic (exact) mass is 232 g/mol. The highest BCUT2D eigenvalue weighted by molar-refractivity contribution is 5.60. The van der Waals surface area contributed by atoms with Crippen LogP contribution in [0.2, 0.25) is 0 Å². The number of rotatable bonds is 4. The van der Waals surface area contributed by atoms with Crippen LogP contribution in [-0.4, -0.2) is 21.4 Å². The molecule has 1 aromatic carbocycles. The molecular weight excluding hydrogens is 216 g/mol. The van der Waals surface area contributed by atoms with Gasteiger partial charge in [0.25, 0.3) is 0 Å². The number of hydrogen-bond donors (Lipinski definition) is 2. The second-order valence-corrected chi connectivity index (χ2v) is 4.13. The molecule has 2 rings (SSSR count). The average molecular weight is 232 g/mol. The normalized spacial score (nSPS) is 10.8. The van der Waals surface area contributed by atoms with Crippen LogP contribution in [0.5, 0.6) is 5.75 Å². The number of nitrogens with one attached hydrogen (secondary N) is 1. The van der Waals surface area contributed by atoms with Crippen molar-refractivity contribution in [3.63, 3.8) is 0 Å². The molecule has 2 aromatic rings. The molecule has 0 unspecified atom stereocenters. The first-order valence-corrected chi connectivity index (χ1v) is 5.61. The average Bonchev–Trinajstić information content (AvgIpc) is 2.78. The van der Waals surface area contributed by atoms with E-state index in [1.54, 1.807) is 0 Å². The molecule has 0 aliphatic carbocycles. The minimum Gasteiger partial charge on any atom is -0.491 e. The van der Waals surface area contributed by atoms with Gasteiger partial charge in [0.2, 0.25) is 0 Å². The maximum atomic E-state index is 8.95. The predicted octanol–water partition coefficient (Wildman–Crippen LogP) is 2.36. The molecule has 4 nitrogen and oxygen atoms in total. The van der Waals surface area contributed by atoms with E-state index in [1.165, 1.54) is 0 Å². The molecule has 0 aliphatic heterocycles. The molecule has 4 heteroatoms. The molecule has 0 fully saturated rings. The van der Waals surface area contributed by atoms with Crippen molar-refractivity contribution in [3.8, 4) is 17.0 Å². The molecular formula is C13H16N2O2. The molecule has 0 spiro atoms. The molecule has 90 valence electrons. The van der Waals surface area contributed by atoms with E-state index in [9.17, 15) is 0 Å². The minimum atomic E-state index is -0.0262. The van der Waals surface area contributed by atoms with Gasteiger partial charge in [-0.2, -0.15) is 5.10 Å². The summed E-state index contributed by atoms with van der Waals surface area (Å²) in [6.07, 6.45) is 0.173. The summed E-state index contributed by atoms with van der Waals surface area (Å²) >= 11 is 0. The molecule has 0 bridgehead atoms. The zero-order chi connectivity index (χ0) is 12.3. The van der Waals surface area contributed by atoms with Gasteiger partial charge in [0, 0.05) is 5.56 Å². The second-order valence-electron chi connectivity index (χ2n) is 4.13. The van der Waals surface area contributed by atoms with Crippen LogP contribution in [0.3, 0.4) is 0 Å². The van der Waals surface area contributed by atoms with Crippen molar-refractivity contribution in [2.24, 2.45) is 0 Å². The van der Waals surface area contributed by atoms with E-state index in [2.05, 4.69) is 10.2 Å². The zero-order valence-electron chi connectivity index (χ0n) is 9.97. The second kappa shape index (κ2) is 5.01. The summed E-state index contributed by atoms with van der Waals surface area (Å²) in [4.78, 5) is 0. The smallest absolute Gasteiger partial charge is 0.119 e. The summed E-state index contributed by atoms with van der Waals surface area (Å²) in [5, 5.41) is 15.8. The lowest BCUT2D eigenvalue weighted by Crippen LogP contribution is -2.05. The summed E-state index contributed by atoms with van der Waals surface area (Å²) in [6, 6.07) is 9.58. The lowest BCUT2D eigenvalue weighted by Gasteiger charge is -2.09. The van der Waals surface area contributed by atoms with Crippen molar-refractivity contribution < 1.29 is 9.84 Å². The van der Waals surface area contributed by atoms with Crippen molar-refractivity contribution in [2.75, 3.05) is 0 Å². The van der Waals surface area contributed by atoms with Crippen LogP contribution in [0.4, 0.5) is 0 Å². The fourth-order valence-corrected chi connectivity index (χ4v) is 1.57. The van der Waals surface area contributed by atoms with Gasteiger partial charge in [-0.3, -0.25) is 5.10 Å². The molecule has 0 saturated carbocycles. The van der Waals surface area contributed by atoms with Crippen LogP contribution >= 0.6 is 0 Å². The SMILES string of the molecule is CC(C)Oc1ccc(-c2cc(CO)[nH]n2)cc1. The Hall–Kier alpha value is -1.81. The Kier molecular flexibility index (Phi) is 3.44. The molecule has 2 N–H and O–H groups in total. The third kappa shape index (κ3) is 2.85. The number of aromatic nitrogens is 2. The Bertz CT molecular complexity index is 474. The Morgan fingerprint density at radius 1 is 1.29 bits per heavy atom. The van der Waals surface area contributed by atoms with E-state index >= 15 is 0 Å². The first-order valence-electron chi connectivity index (χ1n) is 5.61.